The summed E-state index contributed by atoms with van der Waals surface area (Å²) >= 11 is 0. The molecule has 1 unspecified atom stereocenters. The molecule has 1 aliphatic carbocycles. The van der Waals surface area contributed by atoms with Crippen LogP contribution < -0.4 is 5.32 Å². The zero-order valence-corrected chi connectivity index (χ0v) is 13.5. The molecule has 0 spiro atoms. The summed E-state index contributed by atoms with van der Waals surface area (Å²) in [6.45, 7) is 8.97. The van der Waals surface area contributed by atoms with Crippen LogP contribution in [-0.2, 0) is 14.4 Å². The summed E-state index contributed by atoms with van der Waals surface area (Å²) in [5.74, 6) is -3.02. The van der Waals surface area contributed by atoms with E-state index in [1.165, 1.54) is 12.8 Å². The van der Waals surface area contributed by atoms with E-state index >= 15 is 0 Å². The molecule has 0 aliphatic heterocycles. The molecule has 0 saturated heterocycles. The van der Waals surface area contributed by atoms with Crippen molar-refractivity contribution in [2.24, 2.45) is 11.1 Å². The molecule has 22 heavy (non-hydrogen) atoms. The third kappa shape index (κ3) is 12.1. The molecule has 1 atom stereocenters. The SMILES string of the molecule is C/C(=N/OCC(O)CNC(C)(C)C)C1CC1.O=C(O)C(=O)O. The van der Waals surface area contributed by atoms with Gasteiger partial charge in [-0.25, -0.2) is 9.59 Å². The lowest BCUT2D eigenvalue weighted by molar-refractivity contribution is -0.159. The first kappa shape index (κ1) is 20.3. The number of hydrogen-bond acceptors (Lipinski definition) is 6. The molecule has 0 aromatic heterocycles. The fourth-order valence-corrected chi connectivity index (χ4v) is 1.28. The lowest BCUT2D eigenvalue weighted by Crippen LogP contribution is -2.42. The lowest BCUT2D eigenvalue weighted by atomic mass is 10.1. The number of carboxylic acid groups (broad SMARTS) is 2. The number of oxime groups is 1. The van der Waals surface area contributed by atoms with Gasteiger partial charge in [0.2, 0.25) is 0 Å². The molecule has 0 aromatic carbocycles. The Morgan fingerprint density at radius 2 is 1.77 bits per heavy atom. The average Bonchev–Trinajstić information content (AvgIpc) is 3.20. The summed E-state index contributed by atoms with van der Waals surface area (Å²) in [7, 11) is 0. The lowest BCUT2D eigenvalue weighted by Gasteiger charge is -2.22. The van der Waals surface area contributed by atoms with E-state index in [2.05, 4.69) is 31.2 Å². The molecular weight excluding hydrogens is 292 g/mol. The fourth-order valence-electron chi connectivity index (χ4n) is 1.28. The molecular formula is C14H26N2O6. The summed E-state index contributed by atoms with van der Waals surface area (Å²) in [5.41, 5.74) is 1.07. The van der Waals surface area contributed by atoms with E-state index in [-0.39, 0.29) is 12.1 Å². The Kier molecular flexibility index (Phi) is 8.66. The third-order valence-corrected chi connectivity index (χ3v) is 2.69. The second-order valence-electron chi connectivity index (χ2n) is 6.20. The van der Waals surface area contributed by atoms with Gasteiger partial charge in [0.15, 0.2) is 0 Å². The van der Waals surface area contributed by atoms with Crippen LogP contribution in [0.2, 0.25) is 0 Å². The smallest absolute Gasteiger partial charge is 0.414 e. The first-order chi connectivity index (χ1) is 10.0. The second kappa shape index (κ2) is 9.37. The number of rotatable bonds is 6. The van der Waals surface area contributed by atoms with E-state index in [9.17, 15) is 5.11 Å². The highest BCUT2D eigenvalue weighted by molar-refractivity contribution is 6.27. The number of aliphatic hydroxyl groups is 1. The Balaban J connectivity index is 0.000000626. The molecule has 1 aliphatic rings. The van der Waals surface area contributed by atoms with E-state index in [0.29, 0.717) is 12.5 Å². The zero-order chi connectivity index (χ0) is 17.3. The molecule has 8 heteroatoms. The van der Waals surface area contributed by atoms with Crippen molar-refractivity contribution in [2.75, 3.05) is 13.2 Å². The van der Waals surface area contributed by atoms with Crippen LogP contribution in [0.1, 0.15) is 40.5 Å². The maximum absolute atomic E-state index is 9.62. The summed E-state index contributed by atoms with van der Waals surface area (Å²) in [6.07, 6.45) is 1.95. The molecule has 1 rings (SSSR count). The Labute approximate surface area is 130 Å². The molecule has 4 N–H and O–H groups in total. The quantitative estimate of drug-likeness (QED) is 0.322. The number of aliphatic hydroxyl groups excluding tert-OH is 1. The summed E-state index contributed by atoms with van der Waals surface area (Å²) in [4.78, 5) is 23.3. The van der Waals surface area contributed by atoms with E-state index < -0.39 is 18.0 Å². The van der Waals surface area contributed by atoms with Gasteiger partial charge in [0.1, 0.15) is 12.7 Å². The van der Waals surface area contributed by atoms with Crippen LogP contribution in [-0.4, -0.2) is 57.8 Å². The van der Waals surface area contributed by atoms with Crippen LogP contribution in [0, 0.1) is 5.92 Å². The molecule has 0 aromatic rings. The highest BCUT2D eigenvalue weighted by Gasteiger charge is 2.25. The largest absolute Gasteiger partial charge is 0.473 e. The monoisotopic (exact) mass is 318 g/mol. The van der Waals surface area contributed by atoms with Crippen LogP contribution in [0.4, 0.5) is 0 Å². The van der Waals surface area contributed by atoms with Crippen molar-refractivity contribution >= 4 is 17.7 Å². The van der Waals surface area contributed by atoms with E-state index in [0.717, 1.165) is 5.71 Å². The van der Waals surface area contributed by atoms with Gasteiger partial charge in [0.25, 0.3) is 0 Å². The Morgan fingerprint density at radius 1 is 1.27 bits per heavy atom. The van der Waals surface area contributed by atoms with Crippen molar-refractivity contribution in [1.82, 2.24) is 5.32 Å². The van der Waals surface area contributed by atoms with Gasteiger partial charge in [-0.15, -0.1) is 0 Å². The van der Waals surface area contributed by atoms with Gasteiger partial charge in [0.05, 0.1) is 5.71 Å². The Hall–Kier alpha value is -1.67. The fraction of sp³-hybridized carbons (Fsp3) is 0.786. The van der Waals surface area contributed by atoms with Crippen LogP contribution in [0.3, 0.4) is 0 Å². The van der Waals surface area contributed by atoms with Crippen molar-refractivity contribution in [2.45, 2.75) is 52.2 Å². The normalized spacial score (nSPS) is 16.3. The van der Waals surface area contributed by atoms with Crippen LogP contribution in [0.25, 0.3) is 0 Å². The van der Waals surface area contributed by atoms with Gasteiger partial charge < -0.3 is 25.5 Å². The number of aliphatic carboxylic acids is 2. The van der Waals surface area contributed by atoms with Gasteiger partial charge >= 0.3 is 11.9 Å². The second-order valence-corrected chi connectivity index (χ2v) is 6.20. The van der Waals surface area contributed by atoms with Crippen molar-refractivity contribution < 1.29 is 29.7 Å². The minimum atomic E-state index is -1.82. The van der Waals surface area contributed by atoms with E-state index in [4.69, 9.17) is 24.6 Å². The number of nitrogens with one attached hydrogen (secondary N) is 1. The molecule has 0 amide bonds. The van der Waals surface area contributed by atoms with Gasteiger partial charge in [-0.1, -0.05) is 5.16 Å². The van der Waals surface area contributed by atoms with Crippen molar-refractivity contribution in [3.8, 4) is 0 Å². The van der Waals surface area contributed by atoms with Gasteiger partial charge in [-0.05, 0) is 40.5 Å². The maximum atomic E-state index is 9.62. The average molecular weight is 318 g/mol. The summed E-state index contributed by atoms with van der Waals surface area (Å²) in [6, 6.07) is 0. The molecule has 1 saturated carbocycles. The standard InChI is InChI=1S/C12H24N2O2.C2H2O4/c1-9(10-5-6-10)14-16-8-11(15)7-13-12(2,3)4;3-1(4)2(5)6/h10-11,13,15H,5-8H2,1-4H3;(H,3,4)(H,5,6)/b14-9-;. The first-order valence-corrected chi connectivity index (χ1v) is 7.08. The maximum Gasteiger partial charge on any atom is 0.414 e. The first-order valence-electron chi connectivity index (χ1n) is 7.08. The van der Waals surface area contributed by atoms with Crippen molar-refractivity contribution in [1.29, 1.82) is 0 Å². The Bertz CT molecular complexity index is 387. The predicted molar refractivity (Wildman–Crippen MR) is 80.8 cm³/mol. The molecule has 0 radical (unpaired) electrons. The van der Waals surface area contributed by atoms with Gasteiger partial charge in [-0.3, -0.25) is 0 Å². The predicted octanol–water partition coefficient (Wildman–Crippen LogP) is 0.694. The summed E-state index contributed by atoms with van der Waals surface area (Å²) in [5, 5.41) is 31.6. The molecule has 0 bridgehead atoms. The molecule has 8 nitrogen and oxygen atoms in total. The van der Waals surface area contributed by atoms with Gasteiger partial charge in [-0.2, -0.15) is 0 Å². The molecule has 1 fully saturated rings. The van der Waals surface area contributed by atoms with E-state index in [1.54, 1.807) is 0 Å². The minimum Gasteiger partial charge on any atom is -0.473 e. The minimum absolute atomic E-state index is 0.0220. The number of nitrogens with zero attached hydrogens (tertiary/aromatic N) is 1. The van der Waals surface area contributed by atoms with Crippen LogP contribution in [0.5, 0.6) is 0 Å². The van der Waals surface area contributed by atoms with E-state index in [1.807, 2.05) is 6.92 Å². The topological polar surface area (TPSA) is 128 Å². The van der Waals surface area contributed by atoms with Crippen molar-refractivity contribution in [3.05, 3.63) is 0 Å². The number of hydrogen-bond donors (Lipinski definition) is 4. The third-order valence-electron chi connectivity index (χ3n) is 2.69. The number of β-amino-alcohol motifs (C(OH)–C–C–N with tert-alkyl or cyclic N) is 1. The molecule has 128 valence electrons. The highest BCUT2D eigenvalue weighted by atomic mass is 16.6. The van der Waals surface area contributed by atoms with Crippen LogP contribution >= 0.6 is 0 Å². The Morgan fingerprint density at radius 3 is 2.14 bits per heavy atom. The van der Waals surface area contributed by atoms with Gasteiger partial charge in [0, 0.05) is 18.0 Å². The number of carboxylic acids is 2. The highest BCUT2D eigenvalue weighted by Crippen LogP contribution is 2.30. The van der Waals surface area contributed by atoms with Crippen molar-refractivity contribution in [3.63, 3.8) is 0 Å². The molecule has 0 heterocycles. The summed E-state index contributed by atoms with van der Waals surface area (Å²) < 4.78 is 0. The zero-order valence-electron chi connectivity index (χ0n) is 13.5. The van der Waals surface area contributed by atoms with Crippen LogP contribution in [0.15, 0.2) is 5.16 Å². The number of carbonyl (C=O) groups is 2.